The average Bonchev–Trinajstić information content (AvgIpc) is 2.63. The van der Waals surface area contributed by atoms with E-state index in [1.807, 2.05) is 32.0 Å². The topological polar surface area (TPSA) is 39.2 Å². The standard InChI is InChI=1S/C14H16FNO/c1-9-5-11(8-12(15)6-9)14-4-3-13(17-14)7-10(2)16/h3-6,8,10H,7,16H2,1-2H3. The van der Waals surface area contributed by atoms with Crippen molar-refractivity contribution in [3.63, 3.8) is 0 Å². The van der Waals surface area contributed by atoms with Crippen molar-refractivity contribution in [2.24, 2.45) is 5.73 Å². The number of hydrogen-bond donors (Lipinski definition) is 1. The maximum atomic E-state index is 13.3. The Kier molecular flexibility index (Phi) is 3.29. The molecule has 1 unspecified atom stereocenters. The summed E-state index contributed by atoms with van der Waals surface area (Å²) in [6.07, 6.45) is 0.689. The molecule has 2 rings (SSSR count). The van der Waals surface area contributed by atoms with Gasteiger partial charge in [-0.3, -0.25) is 0 Å². The molecule has 1 heterocycles. The maximum absolute atomic E-state index is 13.3. The van der Waals surface area contributed by atoms with Crippen molar-refractivity contribution < 1.29 is 8.81 Å². The second-order valence-electron chi connectivity index (χ2n) is 4.46. The second-order valence-corrected chi connectivity index (χ2v) is 4.46. The molecular formula is C14H16FNO. The molecule has 0 bridgehead atoms. The van der Waals surface area contributed by atoms with E-state index in [0.717, 1.165) is 16.9 Å². The number of rotatable bonds is 3. The smallest absolute Gasteiger partial charge is 0.134 e. The first kappa shape index (κ1) is 11.9. The van der Waals surface area contributed by atoms with Crippen LogP contribution >= 0.6 is 0 Å². The highest BCUT2D eigenvalue weighted by molar-refractivity contribution is 5.58. The molecule has 0 radical (unpaired) electrons. The fourth-order valence-electron chi connectivity index (χ4n) is 1.84. The Balaban J connectivity index is 2.30. The lowest BCUT2D eigenvalue weighted by Gasteiger charge is -2.02. The Morgan fingerprint density at radius 3 is 2.71 bits per heavy atom. The molecule has 0 aliphatic rings. The molecule has 0 saturated carbocycles. The first-order valence-electron chi connectivity index (χ1n) is 5.66. The highest BCUT2D eigenvalue weighted by Crippen LogP contribution is 2.24. The van der Waals surface area contributed by atoms with Gasteiger partial charge < -0.3 is 10.2 Å². The van der Waals surface area contributed by atoms with Gasteiger partial charge >= 0.3 is 0 Å². The lowest BCUT2D eigenvalue weighted by Crippen LogP contribution is -2.17. The van der Waals surface area contributed by atoms with E-state index in [1.54, 1.807) is 0 Å². The molecule has 0 aliphatic heterocycles. The minimum atomic E-state index is -0.245. The van der Waals surface area contributed by atoms with Crippen LogP contribution in [0.3, 0.4) is 0 Å². The third-order valence-corrected chi connectivity index (χ3v) is 2.51. The van der Waals surface area contributed by atoms with Gasteiger partial charge in [-0.1, -0.05) is 0 Å². The molecule has 1 atom stereocenters. The molecule has 2 nitrogen and oxygen atoms in total. The van der Waals surface area contributed by atoms with E-state index in [-0.39, 0.29) is 11.9 Å². The zero-order chi connectivity index (χ0) is 12.4. The summed E-state index contributed by atoms with van der Waals surface area (Å²) in [6, 6.07) is 8.67. The van der Waals surface area contributed by atoms with Crippen molar-refractivity contribution in [2.75, 3.05) is 0 Å². The minimum Gasteiger partial charge on any atom is -0.461 e. The molecule has 1 aromatic carbocycles. The third kappa shape index (κ3) is 2.94. The average molecular weight is 233 g/mol. The van der Waals surface area contributed by atoms with E-state index in [0.29, 0.717) is 12.2 Å². The lowest BCUT2D eigenvalue weighted by atomic mass is 10.1. The number of furan rings is 1. The minimum absolute atomic E-state index is 0.0586. The summed E-state index contributed by atoms with van der Waals surface area (Å²) in [5, 5.41) is 0. The van der Waals surface area contributed by atoms with Crippen LogP contribution in [0.2, 0.25) is 0 Å². The molecule has 2 aromatic rings. The van der Waals surface area contributed by atoms with Gasteiger partial charge in [-0.15, -0.1) is 0 Å². The zero-order valence-electron chi connectivity index (χ0n) is 10.0. The van der Waals surface area contributed by atoms with Crippen molar-refractivity contribution in [1.29, 1.82) is 0 Å². The highest BCUT2D eigenvalue weighted by atomic mass is 19.1. The molecule has 90 valence electrons. The van der Waals surface area contributed by atoms with Crippen LogP contribution < -0.4 is 5.73 Å². The lowest BCUT2D eigenvalue weighted by molar-refractivity contribution is 0.502. The quantitative estimate of drug-likeness (QED) is 0.883. The fourth-order valence-corrected chi connectivity index (χ4v) is 1.84. The van der Waals surface area contributed by atoms with Gasteiger partial charge in [-0.05, 0) is 49.7 Å². The Bertz CT molecular complexity index is 496. The van der Waals surface area contributed by atoms with Crippen molar-refractivity contribution in [3.05, 3.63) is 47.5 Å². The predicted molar refractivity (Wildman–Crippen MR) is 66.2 cm³/mol. The molecule has 0 fully saturated rings. The molecule has 0 aliphatic carbocycles. The van der Waals surface area contributed by atoms with E-state index in [4.69, 9.17) is 10.2 Å². The van der Waals surface area contributed by atoms with Crippen LogP contribution in [0, 0.1) is 12.7 Å². The maximum Gasteiger partial charge on any atom is 0.134 e. The Hall–Kier alpha value is -1.61. The summed E-state index contributed by atoms with van der Waals surface area (Å²) in [4.78, 5) is 0. The number of benzene rings is 1. The molecular weight excluding hydrogens is 217 g/mol. The van der Waals surface area contributed by atoms with E-state index in [2.05, 4.69) is 0 Å². The zero-order valence-corrected chi connectivity index (χ0v) is 10.0. The van der Waals surface area contributed by atoms with Crippen LogP contribution in [0.1, 0.15) is 18.2 Å². The van der Waals surface area contributed by atoms with Gasteiger partial charge in [-0.2, -0.15) is 0 Å². The fraction of sp³-hybridized carbons (Fsp3) is 0.286. The number of halogens is 1. The summed E-state index contributed by atoms with van der Waals surface area (Å²) in [6.45, 7) is 3.78. The summed E-state index contributed by atoms with van der Waals surface area (Å²) in [5.74, 6) is 1.27. The van der Waals surface area contributed by atoms with E-state index in [9.17, 15) is 4.39 Å². The first-order chi connectivity index (χ1) is 8.04. The van der Waals surface area contributed by atoms with Crippen LogP contribution in [0.25, 0.3) is 11.3 Å². The van der Waals surface area contributed by atoms with Crippen molar-refractivity contribution in [1.82, 2.24) is 0 Å². The van der Waals surface area contributed by atoms with Crippen LogP contribution in [-0.2, 0) is 6.42 Å². The SMILES string of the molecule is Cc1cc(F)cc(-c2ccc(CC(C)N)o2)c1. The van der Waals surface area contributed by atoms with Crippen molar-refractivity contribution in [2.45, 2.75) is 26.3 Å². The molecule has 0 amide bonds. The number of hydrogen-bond acceptors (Lipinski definition) is 2. The summed E-state index contributed by atoms with van der Waals surface area (Å²) < 4.78 is 18.9. The summed E-state index contributed by atoms with van der Waals surface area (Å²) in [5.41, 5.74) is 7.34. The Morgan fingerprint density at radius 1 is 1.29 bits per heavy atom. The van der Waals surface area contributed by atoms with Gasteiger partial charge in [0.1, 0.15) is 17.3 Å². The van der Waals surface area contributed by atoms with Crippen molar-refractivity contribution in [3.8, 4) is 11.3 Å². The molecule has 3 heteroatoms. The van der Waals surface area contributed by atoms with Gasteiger partial charge in [0.15, 0.2) is 0 Å². The van der Waals surface area contributed by atoms with E-state index < -0.39 is 0 Å². The Morgan fingerprint density at radius 2 is 2.06 bits per heavy atom. The molecule has 0 saturated heterocycles. The highest BCUT2D eigenvalue weighted by Gasteiger charge is 2.08. The van der Waals surface area contributed by atoms with Crippen LogP contribution in [0.5, 0.6) is 0 Å². The molecule has 0 spiro atoms. The second kappa shape index (κ2) is 4.72. The van der Waals surface area contributed by atoms with Gasteiger partial charge in [0.2, 0.25) is 0 Å². The Labute approximate surface area is 100 Å². The van der Waals surface area contributed by atoms with Crippen LogP contribution in [-0.4, -0.2) is 6.04 Å². The molecule has 2 N–H and O–H groups in total. The van der Waals surface area contributed by atoms with E-state index in [1.165, 1.54) is 12.1 Å². The van der Waals surface area contributed by atoms with Gasteiger partial charge in [0.25, 0.3) is 0 Å². The van der Waals surface area contributed by atoms with Gasteiger partial charge in [0.05, 0.1) is 0 Å². The predicted octanol–water partition coefficient (Wildman–Crippen LogP) is 3.28. The molecule has 1 aromatic heterocycles. The molecule has 17 heavy (non-hydrogen) atoms. The van der Waals surface area contributed by atoms with Crippen LogP contribution in [0.4, 0.5) is 4.39 Å². The number of nitrogens with two attached hydrogens (primary N) is 1. The summed E-state index contributed by atoms with van der Waals surface area (Å²) in [7, 11) is 0. The van der Waals surface area contributed by atoms with Crippen molar-refractivity contribution >= 4 is 0 Å². The van der Waals surface area contributed by atoms with Crippen LogP contribution in [0.15, 0.2) is 34.7 Å². The largest absolute Gasteiger partial charge is 0.461 e. The first-order valence-corrected chi connectivity index (χ1v) is 5.66. The summed E-state index contributed by atoms with van der Waals surface area (Å²) >= 11 is 0. The monoisotopic (exact) mass is 233 g/mol. The van der Waals surface area contributed by atoms with Gasteiger partial charge in [0, 0.05) is 18.0 Å². The normalized spacial score (nSPS) is 12.7. The number of aryl methyl sites for hydroxylation is 1. The van der Waals surface area contributed by atoms with E-state index >= 15 is 0 Å². The van der Waals surface area contributed by atoms with Gasteiger partial charge in [-0.25, -0.2) is 4.39 Å². The third-order valence-electron chi connectivity index (χ3n) is 2.51.